The summed E-state index contributed by atoms with van der Waals surface area (Å²) in [6.45, 7) is 5.39. The maximum absolute atomic E-state index is 13.5. The fourth-order valence-electron chi connectivity index (χ4n) is 4.55. The van der Waals surface area contributed by atoms with Gasteiger partial charge in [0.05, 0.1) is 5.56 Å². The second-order valence-electron chi connectivity index (χ2n) is 9.32. The molecule has 0 bridgehead atoms. The number of rotatable bonds is 8. The fraction of sp³-hybridized carbons (Fsp3) is 0.296. The second kappa shape index (κ2) is 10.3. The molecule has 1 fully saturated rings. The molecule has 1 aliphatic rings. The lowest BCUT2D eigenvalue weighted by Crippen LogP contribution is -2.32. The topological polar surface area (TPSA) is 97.8 Å². The Morgan fingerprint density at radius 2 is 2.03 bits per heavy atom. The Morgan fingerprint density at radius 3 is 2.81 bits per heavy atom. The van der Waals surface area contributed by atoms with E-state index in [9.17, 15) is 9.18 Å². The molecule has 9 heteroatoms. The molecule has 2 aromatic heterocycles. The van der Waals surface area contributed by atoms with Gasteiger partial charge in [-0.05, 0) is 79.4 Å². The number of fused-ring (bicyclic) bond motifs is 1. The maximum atomic E-state index is 13.5. The van der Waals surface area contributed by atoms with Crippen molar-refractivity contribution in [3.05, 3.63) is 83.6 Å². The minimum absolute atomic E-state index is 0.111. The fourth-order valence-corrected chi connectivity index (χ4v) is 4.55. The van der Waals surface area contributed by atoms with Gasteiger partial charge in [-0.25, -0.2) is 13.9 Å². The Hall–Kier alpha value is -3.98. The molecule has 36 heavy (non-hydrogen) atoms. The summed E-state index contributed by atoms with van der Waals surface area (Å²) in [6, 6.07) is 13.3. The number of amides is 1. The number of halogens is 1. The molecule has 0 saturated carbocycles. The summed E-state index contributed by atoms with van der Waals surface area (Å²) in [5.74, 6) is 0.768. The lowest BCUT2D eigenvalue weighted by molar-refractivity contribution is 0.0996. The summed E-state index contributed by atoms with van der Waals surface area (Å²) in [6.07, 6.45) is 5.84. The maximum Gasteiger partial charge on any atom is 0.252 e. The minimum atomic E-state index is -0.622. The van der Waals surface area contributed by atoms with Gasteiger partial charge >= 0.3 is 0 Å². The van der Waals surface area contributed by atoms with Crippen molar-refractivity contribution in [3.63, 3.8) is 0 Å². The van der Waals surface area contributed by atoms with Gasteiger partial charge < -0.3 is 15.8 Å². The van der Waals surface area contributed by atoms with Crippen molar-refractivity contribution in [2.45, 2.75) is 32.9 Å². The normalized spacial score (nSPS) is 14.7. The van der Waals surface area contributed by atoms with Gasteiger partial charge in [0.25, 0.3) is 5.91 Å². The summed E-state index contributed by atoms with van der Waals surface area (Å²) in [4.78, 5) is 19.1. The van der Waals surface area contributed by atoms with Gasteiger partial charge in [-0.1, -0.05) is 19.1 Å². The predicted octanol–water partition coefficient (Wildman–Crippen LogP) is 4.52. The molecule has 1 amide bonds. The van der Waals surface area contributed by atoms with Crippen LogP contribution >= 0.6 is 0 Å². The van der Waals surface area contributed by atoms with E-state index in [1.807, 2.05) is 10.7 Å². The van der Waals surface area contributed by atoms with Crippen LogP contribution in [0.3, 0.4) is 0 Å². The molecule has 0 aliphatic carbocycles. The highest BCUT2D eigenvalue weighted by Crippen LogP contribution is 2.29. The third-order valence-corrected chi connectivity index (χ3v) is 6.60. The monoisotopic (exact) mass is 488 g/mol. The van der Waals surface area contributed by atoms with Crippen LogP contribution in [0.15, 0.2) is 61.1 Å². The highest BCUT2D eigenvalue weighted by molar-refractivity contribution is 5.97. The Morgan fingerprint density at radius 1 is 1.19 bits per heavy atom. The van der Waals surface area contributed by atoms with Gasteiger partial charge in [0.2, 0.25) is 0 Å². The van der Waals surface area contributed by atoms with Gasteiger partial charge in [0.15, 0.2) is 5.82 Å². The smallest absolute Gasteiger partial charge is 0.252 e. The largest absolute Gasteiger partial charge is 0.488 e. The van der Waals surface area contributed by atoms with Crippen LogP contribution in [0.4, 0.5) is 15.9 Å². The number of aromatic nitrogens is 3. The van der Waals surface area contributed by atoms with Crippen LogP contribution in [0, 0.1) is 11.7 Å². The van der Waals surface area contributed by atoms with E-state index in [-0.39, 0.29) is 18.0 Å². The van der Waals surface area contributed by atoms with E-state index in [1.54, 1.807) is 30.3 Å². The van der Waals surface area contributed by atoms with Gasteiger partial charge in [0.1, 0.15) is 30.0 Å². The van der Waals surface area contributed by atoms with Crippen LogP contribution in [-0.2, 0) is 13.2 Å². The molecule has 186 valence electrons. The van der Waals surface area contributed by atoms with Gasteiger partial charge in [-0.2, -0.15) is 5.10 Å². The van der Waals surface area contributed by atoms with Crippen LogP contribution in [-0.4, -0.2) is 38.5 Å². The first-order chi connectivity index (χ1) is 17.5. The molecule has 3 heterocycles. The van der Waals surface area contributed by atoms with Crippen molar-refractivity contribution in [3.8, 4) is 5.75 Å². The van der Waals surface area contributed by atoms with Gasteiger partial charge in [-0.3, -0.25) is 9.69 Å². The number of benzene rings is 2. The third-order valence-electron chi connectivity index (χ3n) is 6.60. The van der Waals surface area contributed by atoms with Crippen molar-refractivity contribution >= 4 is 22.9 Å². The van der Waals surface area contributed by atoms with Crippen molar-refractivity contribution in [2.24, 2.45) is 11.7 Å². The zero-order chi connectivity index (χ0) is 25.1. The Bertz CT molecular complexity index is 1380. The van der Waals surface area contributed by atoms with Crippen molar-refractivity contribution < 1.29 is 13.9 Å². The summed E-state index contributed by atoms with van der Waals surface area (Å²) in [5, 5.41) is 7.67. The minimum Gasteiger partial charge on any atom is -0.488 e. The Kier molecular flexibility index (Phi) is 6.81. The molecule has 5 rings (SSSR count). The number of carbonyl (C=O) groups is 1. The third kappa shape index (κ3) is 5.31. The highest BCUT2D eigenvalue weighted by atomic mass is 19.1. The first kappa shape index (κ1) is 23.7. The summed E-state index contributed by atoms with van der Waals surface area (Å²) < 4.78 is 21.1. The van der Waals surface area contributed by atoms with Crippen molar-refractivity contribution in [1.29, 1.82) is 0 Å². The SMILES string of the molecule is CC1CCN(Cc2ccn3ncnc(Nc4ccc(OCc5cccc(F)c5)c(C(N)=O)c4)c23)CC1. The van der Waals surface area contributed by atoms with Crippen LogP contribution in [0.2, 0.25) is 0 Å². The number of piperidine rings is 1. The van der Waals surface area contributed by atoms with Gasteiger partial charge in [0, 0.05) is 18.4 Å². The zero-order valence-corrected chi connectivity index (χ0v) is 20.2. The van der Waals surface area contributed by atoms with Gasteiger partial charge in [-0.15, -0.1) is 0 Å². The number of anilines is 2. The van der Waals surface area contributed by atoms with Crippen molar-refractivity contribution in [2.75, 3.05) is 18.4 Å². The number of nitrogens with one attached hydrogen (secondary N) is 1. The number of hydrogen-bond acceptors (Lipinski definition) is 6. The molecule has 0 radical (unpaired) electrons. The van der Waals surface area contributed by atoms with E-state index in [1.165, 1.54) is 31.3 Å². The number of nitrogens with two attached hydrogens (primary N) is 1. The summed E-state index contributed by atoms with van der Waals surface area (Å²) >= 11 is 0. The highest BCUT2D eigenvalue weighted by Gasteiger charge is 2.19. The number of likely N-dealkylation sites (tertiary alicyclic amines) is 1. The van der Waals surface area contributed by atoms with E-state index in [4.69, 9.17) is 10.5 Å². The number of hydrogen-bond donors (Lipinski definition) is 2. The molecule has 4 aromatic rings. The molecule has 1 saturated heterocycles. The van der Waals surface area contributed by atoms with E-state index < -0.39 is 5.91 Å². The first-order valence-electron chi connectivity index (χ1n) is 12.1. The van der Waals surface area contributed by atoms with E-state index in [0.717, 1.165) is 36.6 Å². The van der Waals surface area contributed by atoms with E-state index in [0.29, 0.717) is 22.8 Å². The molecule has 3 N–H and O–H groups in total. The second-order valence-corrected chi connectivity index (χ2v) is 9.32. The van der Waals surface area contributed by atoms with Crippen molar-refractivity contribution in [1.82, 2.24) is 19.5 Å². The summed E-state index contributed by atoms with van der Waals surface area (Å²) in [7, 11) is 0. The first-order valence-corrected chi connectivity index (χ1v) is 12.1. The molecule has 2 aromatic carbocycles. The number of nitrogens with zero attached hydrogens (tertiary/aromatic N) is 4. The van der Waals surface area contributed by atoms with Crippen LogP contribution in [0.25, 0.3) is 5.52 Å². The average Bonchev–Trinajstić information content (AvgIpc) is 3.28. The predicted molar refractivity (Wildman–Crippen MR) is 136 cm³/mol. The van der Waals surface area contributed by atoms with Crippen LogP contribution in [0.5, 0.6) is 5.75 Å². The molecule has 0 spiro atoms. The zero-order valence-electron chi connectivity index (χ0n) is 20.2. The Labute approximate surface area is 208 Å². The molecule has 0 unspecified atom stereocenters. The quantitative estimate of drug-likeness (QED) is 0.378. The molecule has 1 aliphatic heterocycles. The number of ether oxygens (including phenoxy) is 1. The Balaban J connectivity index is 1.37. The standard InChI is InChI=1S/C27H29FN6O2/c1-18-7-10-33(11-8-18)15-20-9-12-34-25(20)27(30-17-31-34)32-22-5-6-24(23(14-22)26(29)35)36-16-19-3-2-4-21(28)13-19/h2-6,9,12-14,17-18H,7-8,10-11,15-16H2,1H3,(H2,29,35)(H,30,31,32). The molecule has 8 nitrogen and oxygen atoms in total. The van der Waals surface area contributed by atoms with E-state index in [2.05, 4.69) is 33.3 Å². The summed E-state index contributed by atoms with van der Waals surface area (Å²) in [5.41, 5.74) is 9.18. The van der Waals surface area contributed by atoms with Crippen LogP contribution in [0.1, 0.15) is 41.3 Å². The molecular formula is C27H29FN6O2. The molecule has 0 atom stereocenters. The average molecular weight is 489 g/mol. The van der Waals surface area contributed by atoms with E-state index >= 15 is 0 Å². The number of primary amides is 1. The van der Waals surface area contributed by atoms with Crippen LogP contribution < -0.4 is 15.8 Å². The number of carbonyl (C=O) groups excluding carboxylic acids is 1. The lowest BCUT2D eigenvalue weighted by Gasteiger charge is -2.30. The molecular weight excluding hydrogens is 459 g/mol. The lowest BCUT2D eigenvalue weighted by atomic mass is 9.99.